The van der Waals surface area contributed by atoms with Crippen molar-refractivity contribution >= 4 is 17.7 Å². The van der Waals surface area contributed by atoms with Crippen molar-refractivity contribution in [1.29, 1.82) is 0 Å². The maximum Gasteiger partial charge on any atom is 0.303 e. The summed E-state index contributed by atoms with van der Waals surface area (Å²) >= 11 is 2.01. The number of thioether (sulfide) groups is 1. The van der Waals surface area contributed by atoms with E-state index in [2.05, 4.69) is 12.2 Å². The van der Waals surface area contributed by atoms with Crippen molar-refractivity contribution in [3.63, 3.8) is 0 Å². The topological polar surface area (TPSA) is 49.3 Å². The molecule has 82 valence electrons. The highest BCUT2D eigenvalue weighted by Gasteiger charge is 2.15. The molecule has 0 aromatic rings. The highest BCUT2D eigenvalue weighted by Crippen LogP contribution is 2.17. The van der Waals surface area contributed by atoms with Crippen LogP contribution >= 0.6 is 11.8 Å². The van der Waals surface area contributed by atoms with Crippen LogP contribution in [-0.4, -0.2) is 34.7 Å². The van der Waals surface area contributed by atoms with Crippen molar-refractivity contribution in [3.05, 3.63) is 0 Å². The van der Waals surface area contributed by atoms with Gasteiger partial charge in [0.2, 0.25) is 0 Å². The highest BCUT2D eigenvalue weighted by atomic mass is 32.2. The van der Waals surface area contributed by atoms with E-state index >= 15 is 0 Å². The Morgan fingerprint density at radius 1 is 1.57 bits per heavy atom. The molecule has 1 heterocycles. The van der Waals surface area contributed by atoms with Gasteiger partial charge >= 0.3 is 5.97 Å². The number of carboxylic acids is 1. The molecule has 2 N–H and O–H groups in total. The summed E-state index contributed by atoms with van der Waals surface area (Å²) in [6.45, 7) is 2.07. The number of carboxylic acid groups (broad SMARTS) is 1. The zero-order valence-corrected chi connectivity index (χ0v) is 9.48. The lowest BCUT2D eigenvalue weighted by molar-refractivity contribution is -0.137. The minimum atomic E-state index is -0.696. The minimum absolute atomic E-state index is 0.273. The lowest BCUT2D eigenvalue weighted by Gasteiger charge is -2.26. The van der Waals surface area contributed by atoms with Crippen LogP contribution in [0.2, 0.25) is 0 Å². The second-order valence-corrected chi connectivity index (χ2v) is 5.11. The van der Waals surface area contributed by atoms with Crippen LogP contribution in [0.25, 0.3) is 0 Å². The average Bonchev–Trinajstić information content (AvgIpc) is 2.16. The Hall–Kier alpha value is -0.220. The van der Waals surface area contributed by atoms with Gasteiger partial charge in [0, 0.05) is 18.5 Å². The van der Waals surface area contributed by atoms with Gasteiger partial charge in [0.25, 0.3) is 0 Å². The number of aliphatic carboxylic acids is 1. The number of nitrogens with one attached hydrogen (secondary N) is 1. The molecule has 14 heavy (non-hydrogen) atoms. The maximum absolute atomic E-state index is 10.4. The first kappa shape index (κ1) is 11.9. The van der Waals surface area contributed by atoms with E-state index in [1.807, 2.05) is 11.8 Å². The summed E-state index contributed by atoms with van der Waals surface area (Å²) in [7, 11) is 0. The molecule has 0 saturated carbocycles. The van der Waals surface area contributed by atoms with Crippen LogP contribution < -0.4 is 5.32 Å². The lowest BCUT2D eigenvalue weighted by Crippen LogP contribution is -2.39. The fourth-order valence-corrected chi connectivity index (χ4v) is 2.80. The number of hydrogen-bond acceptors (Lipinski definition) is 3. The van der Waals surface area contributed by atoms with Gasteiger partial charge in [0.15, 0.2) is 0 Å². The van der Waals surface area contributed by atoms with Gasteiger partial charge in [-0.05, 0) is 37.7 Å². The van der Waals surface area contributed by atoms with Crippen molar-refractivity contribution in [2.75, 3.05) is 11.5 Å². The normalized spacial score (nSPS) is 20.6. The van der Waals surface area contributed by atoms with Crippen LogP contribution in [0.4, 0.5) is 0 Å². The fourth-order valence-electron chi connectivity index (χ4n) is 1.69. The van der Waals surface area contributed by atoms with E-state index in [-0.39, 0.29) is 6.42 Å². The van der Waals surface area contributed by atoms with Gasteiger partial charge in [-0.15, -0.1) is 0 Å². The quantitative estimate of drug-likeness (QED) is 0.736. The van der Waals surface area contributed by atoms with E-state index in [9.17, 15) is 4.79 Å². The van der Waals surface area contributed by atoms with Crippen LogP contribution in [0.1, 0.15) is 32.6 Å². The molecule has 0 aromatic carbocycles. The summed E-state index contributed by atoms with van der Waals surface area (Å²) < 4.78 is 0. The standard InChI is InChI=1S/C10H19NO2S/c1-8(2-3-10(12)13)11-9-4-6-14-7-5-9/h8-9,11H,2-7H2,1H3,(H,12,13). The zero-order valence-electron chi connectivity index (χ0n) is 8.66. The smallest absolute Gasteiger partial charge is 0.303 e. The van der Waals surface area contributed by atoms with Crippen molar-refractivity contribution in [3.8, 4) is 0 Å². The monoisotopic (exact) mass is 217 g/mol. The van der Waals surface area contributed by atoms with Gasteiger partial charge in [-0.1, -0.05) is 0 Å². The third-order valence-electron chi connectivity index (χ3n) is 2.53. The molecule has 0 aliphatic carbocycles. The van der Waals surface area contributed by atoms with Crippen molar-refractivity contribution < 1.29 is 9.90 Å². The molecule has 4 heteroatoms. The Balaban J connectivity index is 2.11. The first-order chi connectivity index (χ1) is 6.68. The Labute approximate surface area is 89.6 Å². The highest BCUT2D eigenvalue weighted by molar-refractivity contribution is 7.99. The van der Waals surface area contributed by atoms with Crippen LogP contribution in [0.15, 0.2) is 0 Å². The Bertz CT molecular complexity index is 181. The fraction of sp³-hybridized carbons (Fsp3) is 0.900. The van der Waals surface area contributed by atoms with Crippen molar-refractivity contribution in [1.82, 2.24) is 5.32 Å². The molecule has 0 spiro atoms. The molecular weight excluding hydrogens is 198 g/mol. The third kappa shape index (κ3) is 4.86. The summed E-state index contributed by atoms with van der Waals surface area (Å²) in [5.74, 6) is 1.78. The largest absolute Gasteiger partial charge is 0.481 e. The van der Waals surface area contributed by atoms with Crippen molar-refractivity contribution in [2.45, 2.75) is 44.7 Å². The molecular formula is C10H19NO2S. The zero-order chi connectivity index (χ0) is 10.4. The molecule has 0 aromatic heterocycles. The molecule has 0 radical (unpaired) electrons. The van der Waals surface area contributed by atoms with Gasteiger partial charge in [0.1, 0.15) is 0 Å². The SMILES string of the molecule is CC(CCC(=O)O)NC1CCSCC1. The number of carbonyl (C=O) groups is 1. The van der Waals surface area contributed by atoms with Gasteiger partial charge in [-0.25, -0.2) is 0 Å². The Morgan fingerprint density at radius 3 is 2.79 bits per heavy atom. The minimum Gasteiger partial charge on any atom is -0.481 e. The van der Waals surface area contributed by atoms with Gasteiger partial charge in [-0.2, -0.15) is 11.8 Å². The summed E-state index contributed by atoms with van der Waals surface area (Å²) in [5, 5.41) is 12.0. The van der Waals surface area contributed by atoms with E-state index in [4.69, 9.17) is 5.11 Å². The number of hydrogen-bond donors (Lipinski definition) is 2. The predicted octanol–water partition coefficient (Wildman–Crippen LogP) is 1.72. The van der Waals surface area contributed by atoms with E-state index < -0.39 is 5.97 Å². The van der Waals surface area contributed by atoms with Gasteiger partial charge in [-0.3, -0.25) is 4.79 Å². The molecule has 1 aliphatic heterocycles. The van der Waals surface area contributed by atoms with Crippen molar-refractivity contribution in [2.24, 2.45) is 0 Å². The molecule has 1 aliphatic rings. The van der Waals surface area contributed by atoms with Crippen LogP contribution in [0.5, 0.6) is 0 Å². The maximum atomic E-state index is 10.4. The Morgan fingerprint density at radius 2 is 2.21 bits per heavy atom. The molecule has 1 rings (SSSR count). The molecule has 1 unspecified atom stereocenters. The average molecular weight is 217 g/mol. The van der Waals surface area contributed by atoms with Gasteiger partial charge < -0.3 is 10.4 Å². The third-order valence-corrected chi connectivity index (χ3v) is 3.58. The Kier molecular flexibility index (Phi) is 5.33. The van der Waals surface area contributed by atoms with Crippen LogP contribution in [0.3, 0.4) is 0 Å². The lowest BCUT2D eigenvalue weighted by atomic mass is 10.1. The first-order valence-electron chi connectivity index (χ1n) is 5.24. The van der Waals surface area contributed by atoms with Gasteiger partial charge in [0.05, 0.1) is 0 Å². The second kappa shape index (κ2) is 6.30. The van der Waals surface area contributed by atoms with Crippen LogP contribution in [0, 0.1) is 0 Å². The molecule has 0 amide bonds. The molecule has 1 fully saturated rings. The molecule has 3 nitrogen and oxygen atoms in total. The van der Waals surface area contributed by atoms with E-state index in [0.717, 1.165) is 6.42 Å². The van der Waals surface area contributed by atoms with Crippen LogP contribution in [-0.2, 0) is 4.79 Å². The summed E-state index contributed by atoms with van der Waals surface area (Å²) in [6.07, 6.45) is 3.46. The molecule has 1 atom stereocenters. The molecule has 1 saturated heterocycles. The predicted molar refractivity (Wildman–Crippen MR) is 59.8 cm³/mol. The summed E-state index contributed by atoms with van der Waals surface area (Å²) in [6, 6.07) is 0.944. The van der Waals surface area contributed by atoms with E-state index in [1.54, 1.807) is 0 Å². The first-order valence-corrected chi connectivity index (χ1v) is 6.39. The summed E-state index contributed by atoms with van der Waals surface area (Å²) in [4.78, 5) is 10.4. The molecule has 0 bridgehead atoms. The van der Waals surface area contributed by atoms with E-state index in [1.165, 1.54) is 24.3 Å². The second-order valence-electron chi connectivity index (χ2n) is 3.89. The van der Waals surface area contributed by atoms with E-state index in [0.29, 0.717) is 12.1 Å². The number of rotatable bonds is 5. The summed E-state index contributed by atoms with van der Waals surface area (Å²) in [5.41, 5.74) is 0.